The van der Waals surface area contributed by atoms with Crippen molar-refractivity contribution in [2.75, 3.05) is 40.0 Å². The number of hydrogen-bond donors (Lipinski definition) is 1. The van der Waals surface area contributed by atoms with Crippen molar-refractivity contribution >= 4 is 0 Å². The summed E-state index contributed by atoms with van der Waals surface area (Å²) in [5, 5.41) is 9.46. The van der Waals surface area contributed by atoms with Crippen LogP contribution in [-0.4, -0.2) is 50.0 Å². The average molecular weight is 265 g/mol. The smallest absolute Gasteiger partial charge is 0.123 e. The molecule has 0 aliphatic carbocycles. The van der Waals surface area contributed by atoms with Crippen LogP contribution in [0.15, 0.2) is 24.3 Å². The number of aliphatic hydroxyl groups excluding tert-OH is 1. The normalized spacial score (nSPS) is 17.3. The van der Waals surface area contributed by atoms with E-state index >= 15 is 0 Å². The Labute approximate surface area is 114 Å². The van der Waals surface area contributed by atoms with Gasteiger partial charge in [0.15, 0.2) is 0 Å². The van der Waals surface area contributed by atoms with Gasteiger partial charge in [0.25, 0.3) is 0 Å². The zero-order valence-electron chi connectivity index (χ0n) is 11.8. The lowest BCUT2D eigenvalue weighted by atomic mass is 9.86. The minimum atomic E-state index is -0.0741. The Hall–Kier alpha value is -1.10. The first-order valence-electron chi connectivity index (χ1n) is 6.77. The molecule has 0 saturated carbocycles. The lowest BCUT2D eigenvalue weighted by Crippen LogP contribution is -2.52. The monoisotopic (exact) mass is 265 g/mol. The van der Waals surface area contributed by atoms with E-state index in [1.807, 2.05) is 25.1 Å². The molecule has 1 aliphatic heterocycles. The second-order valence-electron chi connectivity index (χ2n) is 5.36. The molecule has 106 valence electrons. The van der Waals surface area contributed by atoms with Gasteiger partial charge in [-0.2, -0.15) is 0 Å². The third-order valence-corrected chi connectivity index (χ3v) is 3.47. The van der Waals surface area contributed by atoms with Gasteiger partial charge in [-0.15, -0.1) is 0 Å². The highest BCUT2D eigenvalue weighted by Crippen LogP contribution is 2.28. The van der Waals surface area contributed by atoms with E-state index in [1.54, 1.807) is 0 Å². The summed E-state index contributed by atoms with van der Waals surface area (Å²) in [4.78, 5) is 2.22. The van der Waals surface area contributed by atoms with E-state index in [2.05, 4.69) is 18.0 Å². The highest BCUT2D eigenvalue weighted by Gasteiger charge is 2.38. The molecule has 0 spiro atoms. The van der Waals surface area contributed by atoms with Gasteiger partial charge in [0.2, 0.25) is 0 Å². The van der Waals surface area contributed by atoms with Crippen molar-refractivity contribution in [2.24, 2.45) is 5.41 Å². The van der Waals surface area contributed by atoms with Crippen molar-refractivity contribution in [1.82, 2.24) is 4.90 Å². The summed E-state index contributed by atoms with van der Waals surface area (Å²) in [5.74, 6) is 0.944. The van der Waals surface area contributed by atoms with Crippen LogP contribution in [0.4, 0.5) is 0 Å². The fourth-order valence-corrected chi connectivity index (χ4v) is 2.47. The minimum absolute atomic E-state index is 0.0741. The van der Waals surface area contributed by atoms with Crippen molar-refractivity contribution in [3.8, 4) is 5.75 Å². The molecule has 1 aromatic rings. The van der Waals surface area contributed by atoms with E-state index in [1.165, 1.54) is 5.56 Å². The molecule has 1 aromatic carbocycles. The van der Waals surface area contributed by atoms with Gasteiger partial charge in [0, 0.05) is 18.7 Å². The Kier molecular flexibility index (Phi) is 4.80. The van der Waals surface area contributed by atoms with Gasteiger partial charge in [-0.1, -0.05) is 18.2 Å². The van der Waals surface area contributed by atoms with E-state index in [4.69, 9.17) is 9.47 Å². The van der Waals surface area contributed by atoms with Crippen molar-refractivity contribution in [1.29, 1.82) is 0 Å². The van der Waals surface area contributed by atoms with Crippen LogP contribution < -0.4 is 4.74 Å². The summed E-state index contributed by atoms with van der Waals surface area (Å²) in [6, 6.07) is 8.11. The molecule has 4 nitrogen and oxygen atoms in total. The van der Waals surface area contributed by atoms with Gasteiger partial charge in [-0.3, -0.25) is 0 Å². The molecule has 2 rings (SSSR count). The standard InChI is InChI=1S/C15H23NO3/c1-3-19-14-7-5-4-6-13(14)8-16(2)9-15(10-17)11-18-12-15/h4-7,17H,3,8-12H2,1-2H3. The predicted octanol–water partition coefficient (Wildman–Crippen LogP) is 1.53. The van der Waals surface area contributed by atoms with Crippen LogP contribution in [0.3, 0.4) is 0 Å². The van der Waals surface area contributed by atoms with Gasteiger partial charge in [0.05, 0.1) is 31.8 Å². The molecule has 0 radical (unpaired) electrons. The molecule has 1 fully saturated rings. The topological polar surface area (TPSA) is 41.9 Å². The van der Waals surface area contributed by atoms with Crippen LogP contribution in [0.25, 0.3) is 0 Å². The fourth-order valence-electron chi connectivity index (χ4n) is 2.47. The number of ether oxygens (including phenoxy) is 2. The number of aliphatic hydroxyl groups is 1. The van der Waals surface area contributed by atoms with Crippen LogP contribution in [0.1, 0.15) is 12.5 Å². The molecule has 1 aliphatic rings. The maximum atomic E-state index is 9.46. The van der Waals surface area contributed by atoms with Gasteiger partial charge in [-0.05, 0) is 20.0 Å². The largest absolute Gasteiger partial charge is 0.494 e. The van der Waals surface area contributed by atoms with Crippen LogP contribution >= 0.6 is 0 Å². The molecule has 1 N–H and O–H groups in total. The van der Waals surface area contributed by atoms with Gasteiger partial charge in [0.1, 0.15) is 5.75 Å². The van der Waals surface area contributed by atoms with E-state index in [9.17, 15) is 5.11 Å². The molecule has 1 saturated heterocycles. The maximum Gasteiger partial charge on any atom is 0.123 e. The maximum absolute atomic E-state index is 9.46. The Morgan fingerprint density at radius 3 is 2.68 bits per heavy atom. The number of benzene rings is 1. The first-order valence-corrected chi connectivity index (χ1v) is 6.77. The highest BCUT2D eigenvalue weighted by atomic mass is 16.5. The van der Waals surface area contributed by atoms with Crippen molar-refractivity contribution in [3.05, 3.63) is 29.8 Å². The van der Waals surface area contributed by atoms with Gasteiger partial charge < -0.3 is 19.5 Å². The van der Waals surface area contributed by atoms with E-state index in [0.717, 1.165) is 18.8 Å². The average Bonchev–Trinajstić information content (AvgIpc) is 2.36. The highest BCUT2D eigenvalue weighted by molar-refractivity contribution is 5.33. The Morgan fingerprint density at radius 2 is 2.11 bits per heavy atom. The van der Waals surface area contributed by atoms with Crippen LogP contribution in [0, 0.1) is 5.41 Å². The SMILES string of the molecule is CCOc1ccccc1CN(C)CC1(CO)COC1. The molecule has 0 amide bonds. The lowest BCUT2D eigenvalue weighted by molar-refractivity contribution is -0.147. The number of nitrogens with zero attached hydrogens (tertiary/aromatic N) is 1. The summed E-state index contributed by atoms with van der Waals surface area (Å²) in [6.45, 7) is 5.82. The molecule has 19 heavy (non-hydrogen) atoms. The quantitative estimate of drug-likeness (QED) is 0.812. The molecule has 4 heteroatoms. The van der Waals surface area contributed by atoms with Gasteiger partial charge >= 0.3 is 0 Å². The first-order chi connectivity index (χ1) is 9.19. The molecule has 0 bridgehead atoms. The summed E-state index contributed by atoms with van der Waals surface area (Å²) in [6.07, 6.45) is 0. The van der Waals surface area contributed by atoms with E-state index < -0.39 is 0 Å². The van der Waals surface area contributed by atoms with Crippen molar-refractivity contribution in [3.63, 3.8) is 0 Å². The number of rotatable bonds is 7. The van der Waals surface area contributed by atoms with E-state index in [0.29, 0.717) is 19.8 Å². The zero-order chi connectivity index (χ0) is 13.7. The van der Waals surface area contributed by atoms with E-state index in [-0.39, 0.29) is 12.0 Å². The summed E-state index contributed by atoms with van der Waals surface area (Å²) >= 11 is 0. The lowest BCUT2D eigenvalue weighted by Gasteiger charge is -2.42. The molecule has 0 aromatic heterocycles. The molecular weight excluding hydrogens is 242 g/mol. The number of para-hydroxylation sites is 1. The summed E-state index contributed by atoms with van der Waals surface area (Å²) in [5.41, 5.74) is 1.11. The number of hydrogen-bond acceptors (Lipinski definition) is 4. The molecule has 0 unspecified atom stereocenters. The van der Waals surface area contributed by atoms with Crippen LogP contribution in [0.5, 0.6) is 5.75 Å². The molecule has 0 atom stereocenters. The third-order valence-electron chi connectivity index (χ3n) is 3.47. The van der Waals surface area contributed by atoms with Gasteiger partial charge in [-0.25, -0.2) is 0 Å². The van der Waals surface area contributed by atoms with Crippen molar-refractivity contribution < 1.29 is 14.6 Å². The summed E-state index contributed by atoms with van der Waals surface area (Å²) in [7, 11) is 2.07. The Balaban J connectivity index is 1.96. The fraction of sp³-hybridized carbons (Fsp3) is 0.600. The molecule has 1 heterocycles. The zero-order valence-corrected chi connectivity index (χ0v) is 11.8. The first kappa shape index (κ1) is 14.3. The summed E-state index contributed by atoms with van der Waals surface area (Å²) < 4.78 is 10.9. The molecular formula is C15H23NO3. The third kappa shape index (κ3) is 3.47. The Bertz CT molecular complexity index is 399. The van der Waals surface area contributed by atoms with Crippen molar-refractivity contribution in [2.45, 2.75) is 13.5 Å². The van der Waals surface area contributed by atoms with Crippen LogP contribution in [0.2, 0.25) is 0 Å². The Morgan fingerprint density at radius 1 is 1.37 bits per heavy atom. The second-order valence-corrected chi connectivity index (χ2v) is 5.36. The van der Waals surface area contributed by atoms with Crippen LogP contribution in [-0.2, 0) is 11.3 Å². The second kappa shape index (κ2) is 6.37. The minimum Gasteiger partial charge on any atom is -0.494 e. The predicted molar refractivity (Wildman–Crippen MR) is 74.3 cm³/mol.